The van der Waals surface area contributed by atoms with Crippen molar-refractivity contribution in [2.24, 2.45) is 5.92 Å². The Morgan fingerprint density at radius 2 is 1.29 bits per heavy atom. The van der Waals surface area contributed by atoms with Crippen LogP contribution in [0.1, 0.15) is 150 Å². The van der Waals surface area contributed by atoms with E-state index >= 15 is 0 Å². The Bertz CT molecular complexity index is 2400. The maximum absolute atomic E-state index is 7.47. The Morgan fingerprint density at radius 1 is 0.662 bits per heavy atom. The molecule has 3 fully saturated rings. The zero-order valence-electron chi connectivity index (χ0n) is 49.2. The fraction of sp³-hybridized carbons (Fsp3) is 0.606. The number of fused-ring (bicyclic) bond motifs is 2. The van der Waals surface area contributed by atoms with E-state index in [2.05, 4.69) is 179 Å². The van der Waals surface area contributed by atoms with Crippen molar-refractivity contribution in [3.8, 4) is 5.75 Å². The Labute approximate surface area is 466 Å². The summed E-state index contributed by atoms with van der Waals surface area (Å²) in [6.45, 7) is 28.2. The van der Waals surface area contributed by atoms with Crippen LogP contribution in [0.4, 0.5) is 0 Å². The van der Waals surface area contributed by atoms with Gasteiger partial charge in [-0.1, -0.05) is 152 Å². The molecule has 0 unspecified atom stereocenters. The van der Waals surface area contributed by atoms with Crippen molar-refractivity contribution in [2.75, 3.05) is 20.3 Å². The molecule has 77 heavy (non-hydrogen) atoms. The lowest BCUT2D eigenvalue weighted by atomic mass is 9.81. The van der Waals surface area contributed by atoms with Gasteiger partial charge in [-0.2, -0.15) is 0 Å². The van der Waals surface area contributed by atoms with Gasteiger partial charge in [0.1, 0.15) is 17.5 Å². The van der Waals surface area contributed by atoms with Crippen molar-refractivity contribution in [3.63, 3.8) is 0 Å². The minimum atomic E-state index is -2.62. The van der Waals surface area contributed by atoms with Gasteiger partial charge in [0.2, 0.25) is 0 Å². The number of ether oxygens (including phenoxy) is 7. The highest BCUT2D eigenvalue weighted by atomic mass is 28.4. The minimum Gasteiger partial charge on any atom is -0.497 e. The number of allylic oxidation sites excluding steroid dienone is 1. The van der Waals surface area contributed by atoms with Crippen LogP contribution in [-0.2, 0) is 50.5 Å². The van der Waals surface area contributed by atoms with Gasteiger partial charge >= 0.3 is 0 Å². The second-order valence-corrected chi connectivity index (χ2v) is 34.9. The molecule has 10 atom stereocenters. The molecule has 9 nitrogen and oxygen atoms in total. The fourth-order valence-corrected chi connectivity index (χ4v) is 18.8. The summed E-state index contributed by atoms with van der Waals surface area (Å²) >= 11 is 0. The second-order valence-electron chi connectivity index (χ2n) is 25.9. The van der Waals surface area contributed by atoms with Gasteiger partial charge in [0.05, 0.1) is 68.3 Å². The summed E-state index contributed by atoms with van der Waals surface area (Å²) in [5.41, 5.74) is 1.40. The molecule has 0 spiro atoms. The number of hydrogen-bond acceptors (Lipinski definition) is 9. The Morgan fingerprint density at radius 3 is 1.92 bits per heavy atom. The summed E-state index contributed by atoms with van der Waals surface area (Å²) in [5.74, 6) is 2.15. The average molecular weight is 1090 g/mol. The molecule has 8 rings (SSSR count). The molecule has 0 aliphatic carbocycles. The second kappa shape index (κ2) is 25.9. The molecule has 0 bridgehead atoms. The molecule has 3 saturated heterocycles. The maximum atomic E-state index is 7.47. The highest BCUT2D eigenvalue weighted by Crippen LogP contribution is 2.47. The van der Waals surface area contributed by atoms with Crippen LogP contribution in [0, 0.1) is 5.92 Å². The largest absolute Gasteiger partial charge is 0.497 e. The molecule has 0 radical (unpaired) electrons. The van der Waals surface area contributed by atoms with E-state index in [0.29, 0.717) is 38.8 Å². The summed E-state index contributed by atoms with van der Waals surface area (Å²) in [6, 6.07) is 40.6. The van der Waals surface area contributed by atoms with E-state index in [4.69, 9.17) is 42.0 Å². The highest BCUT2D eigenvalue weighted by molar-refractivity contribution is 6.99. The summed E-state index contributed by atoms with van der Waals surface area (Å²) < 4.78 is 62.8. The third-order valence-corrected chi connectivity index (χ3v) is 27.7. The lowest BCUT2D eigenvalue weighted by Crippen LogP contribution is -2.66. The zero-order valence-corrected chi connectivity index (χ0v) is 51.2. The summed E-state index contributed by atoms with van der Waals surface area (Å²) in [6.07, 6.45) is 11.9. The number of rotatable bonds is 21. The molecule has 0 N–H and O–H groups in total. The normalized spacial score (nSPS) is 28.4. The van der Waals surface area contributed by atoms with E-state index in [1.807, 2.05) is 18.2 Å². The maximum Gasteiger partial charge on any atom is 0.261 e. The first-order valence-corrected chi connectivity index (χ1v) is 34.2. The fourth-order valence-electron chi connectivity index (χ4n) is 12.5. The van der Waals surface area contributed by atoms with E-state index in [-0.39, 0.29) is 52.8 Å². The van der Waals surface area contributed by atoms with Crippen LogP contribution in [0.2, 0.25) is 23.2 Å². The third kappa shape index (κ3) is 14.7. The van der Waals surface area contributed by atoms with E-state index < -0.39 is 27.8 Å². The minimum absolute atomic E-state index is 0.0537. The molecule has 4 aliphatic rings. The van der Waals surface area contributed by atoms with Crippen LogP contribution in [0.5, 0.6) is 5.75 Å². The van der Waals surface area contributed by atoms with Gasteiger partial charge in [-0.3, -0.25) is 0 Å². The van der Waals surface area contributed by atoms with Gasteiger partial charge in [0.25, 0.3) is 8.32 Å². The van der Waals surface area contributed by atoms with Gasteiger partial charge in [0.15, 0.2) is 8.32 Å². The molecule has 422 valence electrons. The standard InChI is InChI=1S/C66H96O9Si2/c1-49-45-62-65(8,74-56(49)32-23-44-70-77(64(5,6)7,54-28-18-14-19-29-54)55-30-20-15-21-31-55)41-22-27-53(71-62)46-60-57(69-48-51-34-36-52(67-10)37-35-51)38-39-58-59(72-60)40-42-66(9,75-76(11,12)63(2,3)4)61(73-58)33-24-43-68-47-50-25-16-13-17-26-50/h13-21,25-31,34-37,49,56-62H,22-24,32-33,38-48H2,1-12H3/t49-,56-,57+,58-,59+,60-,61+,62-,65+,66+/m0/s1. The highest BCUT2D eigenvalue weighted by Gasteiger charge is 2.53. The smallest absolute Gasteiger partial charge is 0.261 e. The van der Waals surface area contributed by atoms with Crippen LogP contribution >= 0.6 is 0 Å². The number of benzene rings is 4. The van der Waals surface area contributed by atoms with Crippen LogP contribution in [0.25, 0.3) is 0 Å². The average Bonchev–Trinajstić information content (AvgIpc) is 3.79. The molecule has 11 heteroatoms. The molecular weight excluding hydrogens is 993 g/mol. The molecule has 4 heterocycles. The van der Waals surface area contributed by atoms with E-state index in [1.54, 1.807) is 7.11 Å². The van der Waals surface area contributed by atoms with Crippen LogP contribution in [-0.4, -0.2) is 90.9 Å². The Kier molecular flexibility index (Phi) is 20.0. The third-order valence-electron chi connectivity index (χ3n) is 18.0. The first-order chi connectivity index (χ1) is 36.7. The molecular formula is C66H96O9Si2. The predicted octanol–water partition coefficient (Wildman–Crippen LogP) is 14.4. The lowest BCUT2D eigenvalue weighted by Gasteiger charge is -2.47. The summed E-state index contributed by atoms with van der Waals surface area (Å²) in [7, 11) is -3.11. The van der Waals surface area contributed by atoms with Crippen LogP contribution in [0.3, 0.4) is 0 Å². The first-order valence-electron chi connectivity index (χ1n) is 29.4. The molecule has 0 aromatic heterocycles. The monoisotopic (exact) mass is 1090 g/mol. The Hall–Kier alpha value is -3.63. The van der Waals surface area contributed by atoms with Crippen molar-refractivity contribution < 1.29 is 42.0 Å². The van der Waals surface area contributed by atoms with Gasteiger partial charge in [-0.15, -0.1) is 0 Å². The number of hydrogen-bond donors (Lipinski definition) is 0. The van der Waals surface area contributed by atoms with Gasteiger partial charge in [0, 0.05) is 19.6 Å². The van der Waals surface area contributed by atoms with E-state index in [1.165, 1.54) is 15.9 Å². The molecule has 0 amide bonds. The predicted molar refractivity (Wildman–Crippen MR) is 316 cm³/mol. The molecule has 0 saturated carbocycles. The number of methoxy groups -OCH3 is 1. The summed E-state index contributed by atoms with van der Waals surface area (Å²) in [4.78, 5) is 0. The quantitative estimate of drug-likeness (QED) is 0.0598. The molecule has 4 aliphatic heterocycles. The van der Waals surface area contributed by atoms with Crippen molar-refractivity contribution in [2.45, 2.75) is 230 Å². The van der Waals surface area contributed by atoms with Gasteiger partial charge in [-0.05, 0) is 153 Å². The van der Waals surface area contributed by atoms with Crippen LogP contribution < -0.4 is 15.1 Å². The SMILES string of the molecule is COc1ccc(CO[C@@H]2CC[C@@H]3O[C@H](CCCOCc4ccccc4)[C@](C)(O[Si](C)(C)C(C)(C)C)CC[C@H]3O[C@H]2CC2=CCC[C@@]3(C)O[C@@H](CCCO[Si](c4ccccc4)(c4ccccc4)C(C)(C)C)[C@@H](C)C[C@@H]3O2)cc1. The van der Waals surface area contributed by atoms with Crippen molar-refractivity contribution in [1.82, 2.24) is 0 Å². The topological polar surface area (TPSA) is 83.1 Å². The first kappa shape index (κ1) is 59.5. The Balaban J connectivity index is 0.954. The van der Waals surface area contributed by atoms with E-state index in [9.17, 15) is 0 Å². The van der Waals surface area contributed by atoms with Crippen molar-refractivity contribution in [3.05, 3.63) is 138 Å². The van der Waals surface area contributed by atoms with E-state index in [0.717, 1.165) is 87.7 Å². The van der Waals surface area contributed by atoms with Gasteiger partial charge in [-0.25, -0.2) is 0 Å². The van der Waals surface area contributed by atoms with Crippen LogP contribution in [0.15, 0.2) is 127 Å². The molecule has 4 aromatic carbocycles. The van der Waals surface area contributed by atoms with Crippen molar-refractivity contribution in [1.29, 1.82) is 0 Å². The molecule has 4 aromatic rings. The summed E-state index contributed by atoms with van der Waals surface area (Å²) in [5, 5.41) is 2.62. The van der Waals surface area contributed by atoms with Gasteiger partial charge < -0.3 is 42.0 Å². The van der Waals surface area contributed by atoms with Crippen molar-refractivity contribution >= 4 is 27.0 Å². The lowest BCUT2D eigenvalue weighted by molar-refractivity contribution is -0.208. The zero-order chi connectivity index (χ0) is 54.9.